The molecular weight excluding hydrogens is 299 g/mol. The van der Waals surface area contributed by atoms with Crippen LogP contribution in [0.3, 0.4) is 0 Å². The highest BCUT2D eigenvalue weighted by molar-refractivity contribution is 6.28. The topological polar surface area (TPSA) is 57.1 Å². The summed E-state index contributed by atoms with van der Waals surface area (Å²) in [4.78, 5) is 11.0. The van der Waals surface area contributed by atoms with Gasteiger partial charge < -0.3 is 9.47 Å². The Balaban J connectivity index is 2.20. The summed E-state index contributed by atoms with van der Waals surface area (Å²) in [5.41, 5.74) is -0.781. The summed E-state index contributed by atoms with van der Waals surface area (Å²) >= 11 is 5.61. The molecule has 1 aromatic carbocycles. The second-order valence-corrected chi connectivity index (χ2v) is 3.84. The summed E-state index contributed by atoms with van der Waals surface area (Å²) in [6.07, 6.45) is -4.40. The van der Waals surface area contributed by atoms with Crippen molar-refractivity contribution in [3.05, 3.63) is 35.1 Å². The van der Waals surface area contributed by atoms with Crippen LogP contribution in [0.25, 0.3) is 0 Å². The molecule has 0 N–H and O–H groups in total. The molecule has 1 aromatic heterocycles. The lowest BCUT2D eigenvalue weighted by Crippen LogP contribution is -2.04. The van der Waals surface area contributed by atoms with Crippen LogP contribution in [0.5, 0.6) is 17.8 Å². The zero-order valence-electron chi connectivity index (χ0n) is 9.98. The van der Waals surface area contributed by atoms with Crippen molar-refractivity contribution in [2.75, 3.05) is 7.11 Å². The molecule has 0 saturated carbocycles. The zero-order chi connectivity index (χ0) is 14.8. The van der Waals surface area contributed by atoms with Gasteiger partial charge in [0.15, 0.2) is 0 Å². The fourth-order valence-electron chi connectivity index (χ4n) is 1.27. The molecule has 2 aromatic rings. The number of rotatable bonds is 3. The van der Waals surface area contributed by atoms with Gasteiger partial charge in [-0.05, 0) is 35.9 Å². The summed E-state index contributed by atoms with van der Waals surface area (Å²) in [5.74, 6) is 0.127. The first-order valence-corrected chi connectivity index (χ1v) is 5.57. The Morgan fingerprint density at radius 3 is 2.15 bits per heavy atom. The number of aromatic nitrogens is 3. The smallest absolute Gasteiger partial charge is 0.416 e. The number of ether oxygens (including phenoxy) is 2. The maximum absolute atomic E-state index is 12.4. The molecule has 9 heteroatoms. The van der Waals surface area contributed by atoms with Gasteiger partial charge in [-0.3, -0.25) is 0 Å². The molecule has 2 rings (SSSR count). The zero-order valence-corrected chi connectivity index (χ0v) is 10.7. The van der Waals surface area contributed by atoms with Gasteiger partial charge >= 0.3 is 18.2 Å². The molecule has 20 heavy (non-hydrogen) atoms. The molecule has 0 radical (unpaired) electrons. The third kappa shape index (κ3) is 3.47. The largest absolute Gasteiger partial charge is 0.467 e. The van der Waals surface area contributed by atoms with Crippen molar-refractivity contribution in [2.24, 2.45) is 0 Å². The Kier molecular flexibility index (Phi) is 3.93. The van der Waals surface area contributed by atoms with E-state index in [0.717, 1.165) is 24.3 Å². The van der Waals surface area contributed by atoms with Crippen molar-refractivity contribution in [2.45, 2.75) is 6.18 Å². The van der Waals surface area contributed by atoms with E-state index < -0.39 is 11.7 Å². The maximum Gasteiger partial charge on any atom is 0.416 e. The van der Waals surface area contributed by atoms with Crippen LogP contribution in [0.15, 0.2) is 24.3 Å². The van der Waals surface area contributed by atoms with E-state index in [0.29, 0.717) is 0 Å². The van der Waals surface area contributed by atoms with Gasteiger partial charge in [-0.25, -0.2) is 0 Å². The second kappa shape index (κ2) is 5.49. The average molecular weight is 306 g/mol. The monoisotopic (exact) mass is 305 g/mol. The van der Waals surface area contributed by atoms with E-state index >= 15 is 0 Å². The van der Waals surface area contributed by atoms with Crippen molar-refractivity contribution in [3.63, 3.8) is 0 Å². The Morgan fingerprint density at radius 2 is 1.60 bits per heavy atom. The van der Waals surface area contributed by atoms with Crippen LogP contribution in [-0.4, -0.2) is 22.1 Å². The minimum Gasteiger partial charge on any atom is -0.467 e. The first kappa shape index (κ1) is 14.3. The lowest BCUT2D eigenvalue weighted by Gasteiger charge is -2.08. The highest BCUT2D eigenvalue weighted by Crippen LogP contribution is 2.31. The third-order valence-corrected chi connectivity index (χ3v) is 2.31. The normalized spacial score (nSPS) is 11.2. The van der Waals surface area contributed by atoms with Crippen LogP contribution in [0, 0.1) is 0 Å². The van der Waals surface area contributed by atoms with Crippen molar-refractivity contribution >= 4 is 11.6 Å². The van der Waals surface area contributed by atoms with E-state index in [1.54, 1.807) is 0 Å². The van der Waals surface area contributed by atoms with Gasteiger partial charge in [-0.15, -0.1) is 4.98 Å². The van der Waals surface area contributed by atoms with Crippen molar-refractivity contribution in [1.29, 1.82) is 0 Å². The molecule has 0 spiro atoms. The molecule has 0 unspecified atom stereocenters. The Morgan fingerprint density at radius 1 is 1.00 bits per heavy atom. The van der Waals surface area contributed by atoms with E-state index in [1.807, 2.05) is 0 Å². The van der Waals surface area contributed by atoms with Crippen LogP contribution in [0.4, 0.5) is 13.2 Å². The van der Waals surface area contributed by atoms with E-state index in [1.165, 1.54) is 7.11 Å². The molecule has 5 nitrogen and oxygen atoms in total. The predicted molar refractivity (Wildman–Crippen MR) is 62.9 cm³/mol. The quantitative estimate of drug-likeness (QED) is 0.870. The van der Waals surface area contributed by atoms with E-state index in [9.17, 15) is 13.2 Å². The van der Waals surface area contributed by atoms with Crippen LogP contribution in [-0.2, 0) is 6.18 Å². The predicted octanol–water partition coefficient (Wildman–Crippen LogP) is 3.34. The minimum atomic E-state index is -4.40. The van der Waals surface area contributed by atoms with Gasteiger partial charge in [0.25, 0.3) is 0 Å². The van der Waals surface area contributed by atoms with Gasteiger partial charge in [0.2, 0.25) is 5.28 Å². The average Bonchev–Trinajstić information content (AvgIpc) is 2.37. The Labute approximate surface area is 116 Å². The number of benzene rings is 1. The lowest BCUT2D eigenvalue weighted by molar-refractivity contribution is -0.137. The summed E-state index contributed by atoms with van der Waals surface area (Å²) in [6, 6.07) is 3.82. The number of methoxy groups -OCH3 is 1. The van der Waals surface area contributed by atoms with E-state index in [2.05, 4.69) is 15.0 Å². The van der Waals surface area contributed by atoms with Crippen molar-refractivity contribution < 1.29 is 22.6 Å². The fraction of sp³-hybridized carbons (Fsp3) is 0.182. The standard InChI is InChI=1S/C11H7ClF3N3O2/c1-19-9-16-8(12)17-10(18-9)20-7-4-2-6(3-5-7)11(13,14)15/h2-5H,1H3. The number of hydrogen-bond acceptors (Lipinski definition) is 5. The SMILES string of the molecule is COc1nc(Cl)nc(Oc2ccc(C(F)(F)F)cc2)n1. The molecule has 0 fully saturated rings. The number of hydrogen-bond donors (Lipinski definition) is 0. The summed E-state index contributed by atoms with van der Waals surface area (Å²) in [7, 11) is 1.33. The van der Waals surface area contributed by atoms with E-state index in [-0.39, 0.29) is 23.1 Å². The van der Waals surface area contributed by atoms with Gasteiger partial charge in [0.1, 0.15) is 5.75 Å². The van der Waals surface area contributed by atoms with Gasteiger partial charge in [0.05, 0.1) is 12.7 Å². The van der Waals surface area contributed by atoms with E-state index in [4.69, 9.17) is 21.1 Å². The molecule has 106 valence electrons. The molecular formula is C11H7ClF3N3O2. The molecule has 0 aliphatic rings. The highest BCUT2D eigenvalue weighted by atomic mass is 35.5. The Bertz CT molecular complexity index is 605. The molecule has 0 amide bonds. The third-order valence-electron chi connectivity index (χ3n) is 2.14. The first-order valence-electron chi connectivity index (χ1n) is 5.19. The van der Waals surface area contributed by atoms with Gasteiger partial charge in [-0.1, -0.05) is 0 Å². The minimum absolute atomic E-state index is 0.0630. The number of halogens is 4. The molecule has 0 saturated heterocycles. The van der Waals surface area contributed by atoms with Gasteiger partial charge in [0, 0.05) is 0 Å². The van der Waals surface area contributed by atoms with Gasteiger partial charge in [-0.2, -0.15) is 23.1 Å². The fourth-order valence-corrected chi connectivity index (χ4v) is 1.41. The molecule has 1 heterocycles. The summed E-state index contributed by atoms with van der Waals surface area (Å²) in [6.45, 7) is 0. The molecule has 0 aliphatic heterocycles. The summed E-state index contributed by atoms with van der Waals surface area (Å²) < 4.78 is 47.1. The van der Waals surface area contributed by atoms with Crippen molar-refractivity contribution in [3.8, 4) is 17.8 Å². The highest BCUT2D eigenvalue weighted by Gasteiger charge is 2.30. The lowest BCUT2D eigenvalue weighted by atomic mass is 10.2. The van der Waals surface area contributed by atoms with Crippen LogP contribution < -0.4 is 9.47 Å². The second-order valence-electron chi connectivity index (χ2n) is 3.50. The molecule has 0 bridgehead atoms. The number of alkyl halides is 3. The molecule has 0 aliphatic carbocycles. The van der Waals surface area contributed by atoms with Crippen molar-refractivity contribution in [1.82, 2.24) is 15.0 Å². The summed E-state index contributed by atoms with van der Waals surface area (Å²) in [5, 5.41) is -0.154. The Hall–Kier alpha value is -2.09. The number of nitrogens with zero attached hydrogens (tertiary/aromatic N) is 3. The first-order chi connectivity index (χ1) is 9.38. The van der Waals surface area contributed by atoms with Crippen LogP contribution in [0.2, 0.25) is 5.28 Å². The van der Waals surface area contributed by atoms with Crippen LogP contribution in [0.1, 0.15) is 5.56 Å². The molecule has 0 atom stereocenters. The van der Waals surface area contributed by atoms with Crippen LogP contribution >= 0.6 is 11.6 Å². The maximum atomic E-state index is 12.4.